The Kier molecular flexibility index (Phi) is 7.49. The Morgan fingerprint density at radius 2 is 1.46 bits per heavy atom. The number of rotatable bonds is 7. The van der Waals surface area contributed by atoms with Gasteiger partial charge in [0.2, 0.25) is 11.8 Å². The molecule has 2 rings (SSSR count). The minimum atomic E-state index is -0.265. The van der Waals surface area contributed by atoms with Crippen molar-refractivity contribution in [2.45, 2.75) is 38.8 Å². The molecule has 0 spiro atoms. The van der Waals surface area contributed by atoms with E-state index in [2.05, 4.69) is 10.6 Å². The van der Waals surface area contributed by atoms with Crippen molar-refractivity contribution in [1.29, 1.82) is 0 Å². The fraction of sp³-hybridized carbons (Fsp3) is 0.300. The molecule has 0 saturated carbocycles. The number of nitrogens with one attached hydrogen (secondary N) is 2. The smallest absolute Gasteiger partial charge is 0.220 e. The molecule has 0 saturated heterocycles. The minimum absolute atomic E-state index is 0.0986. The van der Waals surface area contributed by atoms with E-state index >= 15 is 0 Å². The van der Waals surface area contributed by atoms with E-state index in [1.807, 2.05) is 44.2 Å². The maximum Gasteiger partial charge on any atom is 0.220 e. The molecule has 138 valence electrons. The topological polar surface area (TPSA) is 58.2 Å². The highest BCUT2D eigenvalue weighted by molar-refractivity contribution is 6.35. The van der Waals surface area contributed by atoms with Crippen molar-refractivity contribution in [1.82, 2.24) is 10.6 Å². The number of carbonyl (C=O) groups excluding carboxylic acids is 2. The summed E-state index contributed by atoms with van der Waals surface area (Å²) in [5, 5.41) is 6.79. The molecular weight excluding hydrogens is 371 g/mol. The van der Waals surface area contributed by atoms with Gasteiger partial charge in [0.05, 0.1) is 12.1 Å². The summed E-state index contributed by atoms with van der Waals surface area (Å²) < 4.78 is 0. The largest absolute Gasteiger partial charge is 0.350 e. The van der Waals surface area contributed by atoms with Crippen LogP contribution in [0.1, 0.15) is 49.9 Å². The summed E-state index contributed by atoms with van der Waals surface area (Å²) in [5.74, 6) is -0.361. The fourth-order valence-electron chi connectivity index (χ4n) is 2.61. The molecule has 6 heteroatoms. The number of amides is 2. The molecular formula is C20H22Cl2N2O2. The van der Waals surface area contributed by atoms with Gasteiger partial charge in [0.15, 0.2) is 0 Å². The molecule has 0 aliphatic rings. The van der Waals surface area contributed by atoms with Crippen molar-refractivity contribution in [3.63, 3.8) is 0 Å². The van der Waals surface area contributed by atoms with Crippen LogP contribution in [0.3, 0.4) is 0 Å². The molecule has 0 aromatic heterocycles. The molecule has 2 amide bonds. The quantitative estimate of drug-likeness (QED) is 0.708. The van der Waals surface area contributed by atoms with E-state index < -0.39 is 0 Å². The van der Waals surface area contributed by atoms with Crippen LogP contribution in [0.5, 0.6) is 0 Å². The highest BCUT2D eigenvalue weighted by Gasteiger charge is 2.15. The van der Waals surface area contributed by atoms with Gasteiger partial charge in [-0.2, -0.15) is 0 Å². The van der Waals surface area contributed by atoms with Crippen LogP contribution in [-0.4, -0.2) is 11.8 Å². The third-order valence-electron chi connectivity index (χ3n) is 4.06. The van der Waals surface area contributed by atoms with Crippen molar-refractivity contribution < 1.29 is 9.59 Å². The number of hydrogen-bond donors (Lipinski definition) is 2. The summed E-state index contributed by atoms with van der Waals surface area (Å²) in [6, 6.07) is 14.5. The predicted molar refractivity (Wildman–Crippen MR) is 105 cm³/mol. The third kappa shape index (κ3) is 6.04. The van der Waals surface area contributed by atoms with Gasteiger partial charge in [0.25, 0.3) is 0 Å². The van der Waals surface area contributed by atoms with E-state index in [1.165, 1.54) is 0 Å². The first-order valence-corrected chi connectivity index (χ1v) is 9.21. The van der Waals surface area contributed by atoms with Crippen molar-refractivity contribution in [2.24, 2.45) is 0 Å². The van der Waals surface area contributed by atoms with Gasteiger partial charge in [0.1, 0.15) is 0 Å². The monoisotopic (exact) mass is 392 g/mol. The lowest BCUT2D eigenvalue weighted by Gasteiger charge is -2.17. The first kappa shape index (κ1) is 20.3. The highest BCUT2D eigenvalue weighted by atomic mass is 35.5. The molecule has 2 atom stereocenters. The second-order valence-corrected chi connectivity index (χ2v) is 7.00. The molecule has 0 aliphatic heterocycles. The van der Waals surface area contributed by atoms with E-state index in [0.717, 1.165) is 11.1 Å². The van der Waals surface area contributed by atoms with E-state index in [9.17, 15) is 9.59 Å². The average molecular weight is 393 g/mol. The van der Waals surface area contributed by atoms with Crippen LogP contribution in [0.25, 0.3) is 0 Å². The standard InChI is InChI=1S/C20H22Cl2N2O2/c1-13(15-6-4-3-5-7-15)23-19(25)10-11-20(26)24-14(2)17-9-8-16(21)12-18(17)22/h3-9,12-14H,10-11H2,1-2H3,(H,23,25)(H,24,26). The zero-order chi connectivity index (χ0) is 19.1. The van der Waals surface area contributed by atoms with Crippen molar-refractivity contribution in [2.75, 3.05) is 0 Å². The highest BCUT2D eigenvalue weighted by Crippen LogP contribution is 2.26. The van der Waals surface area contributed by atoms with Crippen molar-refractivity contribution >= 4 is 35.0 Å². The lowest BCUT2D eigenvalue weighted by Crippen LogP contribution is -2.30. The summed E-state index contributed by atoms with van der Waals surface area (Å²) in [6.07, 6.45) is 0.243. The van der Waals surface area contributed by atoms with Gasteiger partial charge in [-0.25, -0.2) is 0 Å². The fourth-order valence-corrected chi connectivity index (χ4v) is 3.18. The van der Waals surface area contributed by atoms with Crippen molar-refractivity contribution in [3.8, 4) is 0 Å². The summed E-state index contributed by atoms with van der Waals surface area (Å²) >= 11 is 12.0. The van der Waals surface area contributed by atoms with E-state index in [1.54, 1.807) is 18.2 Å². The number of halogens is 2. The minimum Gasteiger partial charge on any atom is -0.350 e. The molecule has 2 unspecified atom stereocenters. The molecule has 0 aliphatic carbocycles. The molecule has 0 radical (unpaired) electrons. The Balaban J connectivity index is 1.79. The summed E-state index contributed by atoms with van der Waals surface area (Å²) in [7, 11) is 0. The van der Waals surface area contributed by atoms with E-state index in [-0.39, 0.29) is 36.7 Å². The summed E-state index contributed by atoms with van der Waals surface area (Å²) in [5.41, 5.74) is 1.81. The third-order valence-corrected chi connectivity index (χ3v) is 4.63. The van der Waals surface area contributed by atoms with Gasteiger partial charge in [-0.05, 0) is 37.1 Å². The van der Waals surface area contributed by atoms with E-state index in [0.29, 0.717) is 10.0 Å². The van der Waals surface area contributed by atoms with Crippen LogP contribution in [0, 0.1) is 0 Å². The normalized spacial score (nSPS) is 12.9. The van der Waals surface area contributed by atoms with Crippen LogP contribution in [0.2, 0.25) is 10.0 Å². The lowest BCUT2D eigenvalue weighted by atomic mass is 10.1. The van der Waals surface area contributed by atoms with Gasteiger partial charge in [-0.15, -0.1) is 0 Å². The Bertz CT molecular complexity index is 766. The van der Waals surface area contributed by atoms with E-state index in [4.69, 9.17) is 23.2 Å². The Labute approximate surface area is 163 Å². The summed E-state index contributed by atoms with van der Waals surface area (Å²) in [4.78, 5) is 24.2. The van der Waals surface area contributed by atoms with Crippen LogP contribution in [0.15, 0.2) is 48.5 Å². The average Bonchev–Trinajstić information content (AvgIpc) is 2.60. The second-order valence-electron chi connectivity index (χ2n) is 6.15. The second kappa shape index (κ2) is 9.60. The Morgan fingerprint density at radius 3 is 2.04 bits per heavy atom. The SMILES string of the molecule is CC(NC(=O)CCC(=O)NC(C)c1ccc(Cl)cc1Cl)c1ccccc1. The van der Waals surface area contributed by atoms with Gasteiger partial charge < -0.3 is 10.6 Å². The summed E-state index contributed by atoms with van der Waals surface area (Å²) in [6.45, 7) is 3.75. The zero-order valence-corrected chi connectivity index (χ0v) is 16.3. The van der Waals surface area contributed by atoms with Crippen LogP contribution in [0.4, 0.5) is 0 Å². The maximum atomic E-state index is 12.1. The first-order valence-electron chi connectivity index (χ1n) is 8.45. The number of hydrogen-bond acceptors (Lipinski definition) is 2. The van der Waals surface area contributed by atoms with Gasteiger partial charge >= 0.3 is 0 Å². The maximum absolute atomic E-state index is 12.1. The Morgan fingerprint density at radius 1 is 0.885 bits per heavy atom. The molecule has 0 fully saturated rings. The molecule has 2 aromatic rings. The Hall–Kier alpha value is -2.04. The van der Waals surface area contributed by atoms with Crippen LogP contribution < -0.4 is 10.6 Å². The molecule has 4 nitrogen and oxygen atoms in total. The predicted octanol–water partition coefficient (Wildman–Crippen LogP) is 4.83. The molecule has 26 heavy (non-hydrogen) atoms. The lowest BCUT2D eigenvalue weighted by molar-refractivity contribution is -0.127. The molecule has 2 N–H and O–H groups in total. The molecule has 2 aromatic carbocycles. The first-order chi connectivity index (χ1) is 12.4. The van der Waals surface area contributed by atoms with Gasteiger partial charge in [-0.3, -0.25) is 9.59 Å². The zero-order valence-electron chi connectivity index (χ0n) is 14.8. The number of carbonyl (C=O) groups is 2. The van der Waals surface area contributed by atoms with Gasteiger partial charge in [0, 0.05) is 22.9 Å². The van der Waals surface area contributed by atoms with Crippen molar-refractivity contribution in [3.05, 3.63) is 69.7 Å². The van der Waals surface area contributed by atoms with Crippen LogP contribution >= 0.6 is 23.2 Å². The van der Waals surface area contributed by atoms with Crippen LogP contribution in [-0.2, 0) is 9.59 Å². The number of benzene rings is 2. The molecule has 0 bridgehead atoms. The van der Waals surface area contributed by atoms with Gasteiger partial charge in [-0.1, -0.05) is 59.6 Å². The molecule has 0 heterocycles.